The van der Waals surface area contributed by atoms with E-state index in [1.165, 1.54) is 0 Å². The summed E-state index contributed by atoms with van der Waals surface area (Å²) in [6.07, 6.45) is 5.59. The minimum Gasteiger partial charge on any atom is -0.508 e. The van der Waals surface area contributed by atoms with Gasteiger partial charge in [0.05, 0.1) is 0 Å². The molecule has 0 radical (unpaired) electrons. The lowest BCUT2D eigenvalue weighted by Crippen LogP contribution is -1.82. The Kier molecular flexibility index (Phi) is 3.09. The van der Waals surface area contributed by atoms with Crippen LogP contribution in [-0.4, -0.2) is 15.2 Å². The van der Waals surface area contributed by atoms with E-state index in [2.05, 4.69) is 4.98 Å². The molecule has 0 saturated heterocycles. The molecule has 1 aromatic heterocycles. The van der Waals surface area contributed by atoms with Gasteiger partial charge < -0.3 is 10.2 Å². The Balaban J connectivity index is 2.03. The van der Waals surface area contributed by atoms with E-state index in [4.69, 9.17) is 0 Å². The van der Waals surface area contributed by atoms with E-state index in [1.54, 1.807) is 24.4 Å². The summed E-state index contributed by atoms with van der Waals surface area (Å²) in [6, 6.07) is 14.3. The normalized spacial score (nSPS) is 11.2. The molecular formula is C17H13NO2. The number of aromatic hydroxyl groups is 2. The van der Waals surface area contributed by atoms with Gasteiger partial charge in [0.15, 0.2) is 0 Å². The number of nitrogens with zero attached hydrogens (tertiary/aromatic N) is 1. The smallest absolute Gasteiger partial charge is 0.141 e. The van der Waals surface area contributed by atoms with Crippen LogP contribution in [0.4, 0.5) is 0 Å². The Labute approximate surface area is 116 Å². The highest BCUT2D eigenvalue weighted by Gasteiger charge is 2.03. The molecule has 0 aliphatic heterocycles. The van der Waals surface area contributed by atoms with E-state index < -0.39 is 0 Å². The summed E-state index contributed by atoms with van der Waals surface area (Å²) in [6.45, 7) is 0. The number of phenols is 2. The van der Waals surface area contributed by atoms with Gasteiger partial charge in [0.1, 0.15) is 17.0 Å². The third-order valence-corrected chi connectivity index (χ3v) is 3.13. The highest BCUT2D eigenvalue weighted by atomic mass is 16.3. The molecule has 0 aliphatic rings. The second-order valence-electron chi connectivity index (χ2n) is 4.50. The number of hydrogen-bond donors (Lipinski definition) is 2. The van der Waals surface area contributed by atoms with Gasteiger partial charge in [-0.05, 0) is 35.4 Å². The number of aromatic nitrogens is 1. The first-order valence-electron chi connectivity index (χ1n) is 6.28. The number of phenolic OH excluding ortho intramolecular Hbond substituents is 2. The van der Waals surface area contributed by atoms with Gasteiger partial charge in [0, 0.05) is 11.6 Å². The SMILES string of the molecule is Oc1ccc(/C=C/c2ccc(O)c3ncccc23)cc1. The molecule has 0 saturated carbocycles. The van der Waals surface area contributed by atoms with Crippen LogP contribution in [-0.2, 0) is 0 Å². The average Bonchev–Trinajstić information content (AvgIpc) is 2.49. The zero-order valence-electron chi connectivity index (χ0n) is 10.7. The Morgan fingerprint density at radius 3 is 2.45 bits per heavy atom. The maximum absolute atomic E-state index is 9.80. The molecule has 2 aromatic carbocycles. The van der Waals surface area contributed by atoms with Crippen molar-refractivity contribution >= 4 is 23.1 Å². The van der Waals surface area contributed by atoms with Crippen LogP contribution in [0.3, 0.4) is 0 Å². The van der Waals surface area contributed by atoms with Gasteiger partial charge in [0.2, 0.25) is 0 Å². The fourth-order valence-corrected chi connectivity index (χ4v) is 2.10. The number of benzene rings is 2. The van der Waals surface area contributed by atoms with Crippen molar-refractivity contribution in [3.63, 3.8) is 0 Å². The Hall–Kier alpha value is -2.81. The van der Waals surface area contributed by atoms with Gasteiger partial charge in [-0.25, -0.2) is 0 Å². The maximum atomic E-state index is 9.80. The molecule has 3 aromatic rings. The van der Waals surface area contributed by atoms with Crippen LogP contribution < -0.4 is 0 Å². The molecule has 3 heteroatoms. The summed E-state index contributed by atoms with van der Waals surface area (Å²) >= 11 is 0. The molecule has 0 atom stereocenters. The molecule has 0 aliphatic carbocycles. The molecular weight excluding hydrogens is 250 g/mol. The summed E-state index contributed by atoms with van der Waals surface area (Å²) in [5.41, 5.74) is 2.58. The lowest BCUT2D eigenvalue weighted by Gasteiger charge is -2.03. The van der Waals surface area contributed by atoms with Crippen molar-refractivity contribution in [2.24, 2.45) is 0 Å². The van der Waals surface area contributed by atoms with Crippen molar-refractivity contribution in [1.29, 1.82) is 0 Å². The number of hydrogen-bond acceptors (Lipinski definition) is 3. The molecule has 0 unspecified atom stereocenters. The van der Waals surface area contributed by atoms with Crippen LogP contribution in [0.1, 0.15) is 11.1 Å². The Morgan fingerprint density at radius 2 is 1.65 bits per heavy atom. The molecule has 98 valence electrons. The number of pyridine rings is 1. The molecule has 3 nitrogen and oxygen atoms in total. The largest absolute Gasteiger partial charge is 0.508 e. The van der Waals surface area contributed by atoms with Crippen LogP contribution in [0.25, 0.3) is 23.1 Å². The summed E-state index contributed by atoms with van der Waals surface area (Å²) in [5, 5.41) is 20.0. The topological polar surface area (TPSA) is 53.4 Å². The molecule has 2 N–H and O–H groups in total. The van der Waals surface area contributed by atoms with Crippen molar-refractivity contribution in [2.75, 3.05) is 0 Å². The molecule has 20 heavy (non-hydrogen) atoms. The molecule has 1 heterocycles. The van der Waals surface area contributed by atoms with Gasteiger partial charge in [0.25, 0.3) is 0 Å². The van der Waals surface area contributed by atoms with Crippen LogP contribution >= 0.6 is 0 Å². The van der Waals surface area contributed by atoms with Gasteiger partial charge in [-0.1, -0.05) is 36.4 Å². The number of fused-ring (bicyclic) bond motifs is 1. The van der Waals surface area contributed by atoms with E-state index in [9.17, 15) is 10.2 Å². The predicted molar refractivity (Wildman–Crippen MR) is 80.4 cm³/mol. The lowest BCUT2D eigenvalue weighted by molar-refractivity contribution is 0.475. The third-order valence-electron chi connectivity index (χ3n) is 3.13. The van der Waals surface area contributed by atoms with Crippen LogP contribution in [0, 0.1) is 0 Å². The molecule has 3 rings (SSSR count). The number of rotatable bonds is 2. The Bertz CT molecular complexity index is 777. The van der Waals surface area contributed by atoms with E-state index in [1.807, 2.05) is 42.5 Å². The standard InChI is InChI=1S/C17H13NO2/c19-14-8-4-12(5-9-14)3-6-13-7-10-16(20)17-15(13)2-1-11-18-17/h1-11,19-20H/b6-3+. The zero-order valence-corrected chi connectivity index (χ0v) is 10.7. The third kappa shape index (κ3) is 2.34. The van der Waals surface area contributed by atoms with Crippen LogP contribution in [0.2, 0.25) is 0 Å². The minimum absolute atomic E-state index is 0.183. The van der Waals surface area contributed by atoms with Crippen molar-refractivity contribution in [3.05, 3.63) is 65.9 Å². The highest BCUT2D eigenvalue weighted by Crippen LogP contribution is 2.26. The quantitative estimate of drug-likeness (QED) is 0.691. The average molecular weight is 263 g/mol. The van der Waals surface area contributed by atoms with Gasteiger partial charge in [-0.15, -0.1) is 0 Å². The molecule has 0 bridgehead atoms. The Morgan fingerprint density at radius 1 is 0.850 bits per heavy atom. The summed E-state index contributed by atoms with van der Waals surface area (Å²) in [5.74, 6) is 0.434. The fraction of sp³-hybridized carbons (Fsp3) is 0. The van der Waals surface area contributed by atoms with E-state index in [-0.39, 0.29) is 11.5 Å². The first kappa shape index (κ1) is 12.2. The highest BCUT2D eigenvalue weighted by molar-refractivity contribution is 5.93. The van der Waals surface area contributed by atoms with Crippen molar-refractivity contribution in [3.8, 4) is 11.5 Å². The summed E-state index contributed by atoms with van der Waals surface area (Å²) in [7, 11) is 0. The van der Waals surface area contributed by atoms with E-state index >= 15 is 0 Å². The minimum atomic E-state index is 0.183. The summed E-state index contributed by atoms with van der Waals surface area (Å²) in [4.78, 5) is 4.19. The van der Waals surface area contributed by atoms with E-state index in [0.717, 1.165) is 16.5 Å². The first-order chi connectivity index (χ1) is 9.74. The van der Waals surface area contributed by atoms with Crippen LogP contribution in [0.15, 0.2) is 54.7 Å². The molecule has 0 amide bonds. The van der Waals surface area contributed by atoms with E-state index in [0.29, 0.717) is 5.52 Å². The molecule has 0 fully saturated rings. The first-order valence-corrected chi connectivity index (χ1v) is 6.28. The van der Waals surface area contributed by atoms with Gasteiger partial charge >= 0.3 is 0 Å². The van der Waals surface area contributed by atoms with Crippen LogP contribution in [0.5, 0.6) is 11.5 Å². The predicted octanol–water partition coefficient (Wildman–Crippen LogP) is 3.82. The van der Waals surface area contributed by atoms with Gasteiger partial charge in [-0.2, -0.15) is 0 Å². The fourth-order valence-electron chi connectivity index (χ4n) is 2.10. The van der Waals surface area contributed by atoms with Gasteiger partial charge in [-0.3, -0.25) is 4.98 Å². The second kappa shape index (κ2) is 5.05. The summed E-state index contributed by atoms with van der Waals surface area (Å²) < 4.78 is 0. The lowest BCUT2D eigenvalue weighted by atomic mass is 10.1. The van der Waals surface area contributed by atoms with Crippen molar-refractivity contribution < 1.29 is 10.2 Å². The maximum Gasteiger partial charge on any atom is 0.141 e. The monoisotopic (exact) mass is 263 g/mol. The molecule has 0 spiro atoms. The second-order valence-corrected chi connectivity index (χ2v) is 4.50. The van der Waals surface area contributed by atoms with Crippen molar-refractivity contribution in [2.45, 2.75) is 0 Å². The van der Waals surface area contributed by atoms with Crippen molar-refractivity contribution in [1.82, 2.24) is 4.98 Å². The zero-order chi connectivity index (χ0) is 13.9.